The first-order valence-electron chi connectivity index (χ1n) is 14.8. The van der Waals surface area contributed by atoms with Crippen molar-refractivity contribution in [3.8, 4) is 17.2 Å². The number of carbonyl (C=O) groups is 1. The Labute approximate surface area is 216 Å². The van der Waals surface area contributed by atoms with Gasteiger partial charge in [0.1, 0.15) is 6.29 Å². The molecule has 1 aromatic carbocycles. The van der Waals surface area contributed by atoms with E-state index in [0.29, 0.717) is 42.6 Å². The van der Waals surface area contributed by atoms with E-state index in [1.165, 1.54) is 96.3 Å². The summed E-state index contributed by atoms with van der Waals surface area (Å²) in [6, 6.07) is 3.61. The minimum Gasteiger partial charge on any atom is -0.490 e. The van der Waals surface area contributed by atoms with E-state index in [2.05, 4.69) is 20.8 Å². The zero-order chi connectivity index (χ0) is 25.4. The molecule has 0 fully saturated rings. The van der Waals surface area contributed by atoms with Gasteiger partial charge in [0.2, 0.25) is 5.75 Å². The molecule has 0 aliphatic carbocycles. The molecule has 0 atom stereocenters. The van der Waals surface area contributed by atoms with Crippen molar-refractivity contribution in [2.75, 3.05) is 19.8 Å². The van der Waals surface area contributed by atoms with Gasteiger partial charge in [0.25, 0.3) is 0 Å². The van der Waals surface area contributed by atoms with Gasteiger partial charge < -0.3 is 14.2 Å². The van der Waals surface area contributed by atoms with Crippen LogP contribution in [0.15, 0.2) is 12.1 Å². The van der Waals surface area contributed by atoms with Crippen LogP contribution in [0.2, 0.25) is 0 Å². The van der Waals surface area contributed by atoms with Gasteiger partial charge in [-0.1, -0.05) is 117 Å². The molecule has 0 amide bonds. The maximum Gasteiger partial charge on any atom is 0.203 e. The van der Waals surface area contributed by atoms with E-state index in [1.807, 2.05) is 0 Å². The van der Waals surface area contributed by atoms with Crippen molar-refractivity contribution >= 4 is 6.29 Å². The van der Waals surface area contributed by atoms with E-state index >= 15 is 0 Å². The van der Waals surface area contributed by atoms with Crippen LogP contribution in [0.5, 0.6) is 17.2 Å². The first-order chi connectivity index (χ1) is 17.3. The highest BCUT2D eigenvalue weighted by atomic mass is 16.5. The average molecular weight is 491 g/mol. The van der Waals surface area contributed by atoms with Gasteiger partial charge in [-0.05, 0) is 31.4 Å². The third-order valence-electron chi connectivity index (χ3n) is 6.43. The summed E-state index contributed by atoms with van der Waals surface area (Å²) in [4.78, 5) is 11.6. The van der Waals surface area contributed by atoms with Gasteiger partial charge in [-0.15, -0.1) is 0 Å². The van der Waals surface area contributed by atoms with Gasteiger partial charge in [0, 0.05) is 5.56 Å². The Hall–Kier alpha value is -1.71. The molecule has 0 bridgehead atoms. The number of benzene rings is 1. The highest BCUT2D eigenvalue weighted by molar-refractivity contribution is 5.78. The third kappa shape index (κ3) is 15.8. The third-order valence-corrected chi connectivity index (χ3v) is 6.43. The Morgan fingerprint density at radius 3 is 1.23 bits per heavy atom. The van der Waals surface area contributed by atoms with Gasteiger partial charge in [-0.3, -0.25) is 4.79 Å². The smallest absolute Gasteiger partial charge is 0.203 e. The van der Waals surface area contributed by atoms with E-state index in [4.69, 9.17) is 14.2 Å². The normalized spacial score (nSPS) is 10.9. The minimum atomic E-state index is 0.577. The number of ether oxygens (including phenoxy) is 3. The van der Waals surface area contributed by atoms with Crippen LogP contribution in [0, 0.1) is 0 Å². The molecule has 1 rings (SSSR count). The van der Waals surface area contributed by atoms with Crippen molar-refractivity contribution in [3.63, 3.8) is 0 Å². The molecule has 0 aromatic heterocycles. The number of hydrogen-bond acceptors (Lipinski definition) is 4. The molecule has 0 saturated carbocycles. The predicted molar refractivity (Wildman–Crippen MR) is 148 cm³/mol. The summed E-state index contributed by atoms with van der Waals surface area (Å²) < 4.78 is 18.5. The van der Waals surface area contributed by atoms with Crippen LogP contribution in [0.1, 0.15) is 147 Å². The lowest BCUT2D eigenvalue weighted by Gasteiger charge is -2.18. The van der Waals surface area contributed by atoms with Crippen molar-refractivity contribution in [2.24, 2.45) is 0 Å². The van der Waals surface area contributed by atoms with Crippen LogP contribution in [-0.2, 0) is 0 Å². The van der Waals surface area contributed by atoms with Gasteiger partial charge in [0.05, 0.1) is 19.8 Å². The molecule has 0 N–H and O–H groups in total. The summed E-state index contributed by atoms with van der Waals surface area (Å²) in [5, 5.41) is 0. The van der Waals surface area contributed by atoms with Crippen LogP contribution < -0.4 is 14.2 Å². The molecule has 4 nitrogen and oxygen atoms in total. The zero-order valence-electron chi connectivity index (χ0n) is 23.2. The fraction of sp³-hybridized carbons (Fsp3) is 0.774. The van der Waals surface area contributed by atoms with Crippen molar-refractivity contribution in [1.29, 1.82) is 0 Å². The van der Waals surface area contributed by atoms with Crippen molar-refractivity contribution in [2.45, 2.75) is 136 Å². The second-order valence-corrected chi connectivity index (χ2v) is 9.81. The summed E-state index contributed by atoms with van der Waals surface area (Å²) in [6.07, 6.45) is 22.8. The molecule has 4 heteroatoms. The van der Waals surface area contributed by atoms with Crippen LogP contribution >= 0.6 is 0 Å². The van der Waals surface area contributed by atoms with Crippen LogP contribution in [0.4, 0.5) is 0 Å². The zero-order valence-corrected chi connectivity index (χ0v) is 23.2. The van der Waals surface area contributed by atoms with Crippen molar-refractivity contribution in [3.05, 3.63) is 17.7 Å². The monoisotopic (exact) mass is 490 g/mol. The molecular formula is C31H54O4. The Bertz CT molecular complexity index is 589. The maximum atomic E-state index is 11.6. The SMILES string of the molecule is CCCCCCCCOc1cc(C=O)cc(OCCCCCCCC)c1OCCCCCCCC. The summed E-state index contributed by atoms with van der Waals surface area (Å²) in [5.74, 6) is 1.96. The van der Waals surface area contributed by atoms with Gasteiger partial charge >= 0.3 is 0 Å². The lowest BCUT2D eigenvalue weighted by molar-refractivity contribution is 0.112. The molecule has 0 aliphatic rings. The standard InChI is InChI=1S/C31H54O4/c1-4-7-10-13-16-19-22-33-29-25-28(27-32)26-30(34-23-20-17-14-11-8-5-2)31(29)35-24-21-18-15-12-9-6-3/h25-27H,4-24H2,1-3H3. The number of carbonyl (C=O) groups excluding carboxylic acids is 1. The molecule has 0 radical (unpaired) electrons. The topological polar surface area (TPSA) is 44.8 Å². The lowest BCUT2D eigenvalue weighted by atomic mass is 10.1. The average Bonchev–Trinajstić information content (AvgIpc) is 2.87. The maximum absolute atomic E-state index is 11.6. The van der Waals surface area contributed by atoms with Crippen LogP contribution in [0.3, 0.4) is 0 Å². The highest BCUT2D eigenvalue weighted by Crippen LogP contribution is 2.39. The number of aldehydes is 1. The van der Waals surface area contributed by atoms with Gasteiger partial charge in [-0.2, -0.15) is 0 Å². The molecule has 0 heterocycles. The van der Waals surface area contributed by atoms with Crippen molar-refractivity contribution in [1.82, 2.24) is 0 Å². The summed E-state index contributed by atoms with van der Waals surface area (Å²) >= 11 is 0. The molecule has 202 valence electrons. The van der Waals surface area contributed by atoms with Gasteiger partial charge in [-0.25, -0.2) is 0 Å². The Morgan fingerprint density at radius 1 is 0.514 bits per heavy atom. The van der Waals surface area contributed by atoms with E-state index in [9.17, 15) is 4.79 Å². The van der Waals surface area contributed by atoms with Crippen molar-refractivity contribution < 1.29 is 19.0 Å². The Morgan fingerprint density at radius 2 is 0.857 bits per heavy atom. The predicted octanol–water partition coefficient (Wildman–Crippen LogP) is 9.72. The number of unbranched alkanes of at least 4 members (excludes halogenated alkanes) is 15. The second kappa shape index (κ2) is 22.7. The van der Waals surface area contributed by atoms with Crippen LogP contribution in [-0.4, -0.2) is 26.1 Å². The highest BCUT2D eigenvalue weighted by Gasteiger charge is 2.16. The molecule has 0 aliphatic heterocycles. The summed E-state index contributed by atoms with van der Waals surface area (Å²) in [5.41, 5.74) is 0.577. The Balaban J connectivity index is 2.70. The summed E-state index contributed by atoms with van der Waals surface area (Å²) in [7, 11) is 0. The van der Waals surface area contributed by atoms with E-state index in [0.717, 1.165) is 25.5 Å². The molecule has 0 spiro atoms. The number of rotatable bonds is 25. The fourth-order valence-electron chi connectivity index (χ4n) is 4.21. The first-order valence-corrected chi connectivity index (χ1v) is 14.8. The van der Waals surface area contributed by atoms with E-state index < -0.39 is 0 Å². The fourth-order valence-corrected chi connectivity index (χ4v) is 4.21. The Kier molecular flexibility index (Phi) is 20.3. The number of hydrogen-bond donors (Lipinski definition) is 0. The quantitative estimate of drug-likeness (QED) is 0.101. The molecule has 35 heavy (non-hydrogen) atoms. The molecule has 0 unspecified atom stereocenters. The van der Waals surface area contributed by atoms with Gasteiger partial charge in [0.15, 0.2) is 11.5 Å². The summed E-state index contributed by atoms with van der Waals surface area (Å²) in [6.45, 7) is 8.64. The van der Waals surface area contributed by atoms with E-state index in [1.54, 1.807) is 12.1 Å². The second-order valence-electron chi connectivity index (χ2n) is 9.81. The largest absolute Gasteiger partial charge is 0.490 e. The molecular weight excluding hydrogens is 436 g/mol. The molecule has 1 aromatic rings. The lowest BCUT2D eigenvalue weighted by Crippen LogP contribution is -2.07. The minimum absolute atomic E-state index is 0.577. The first kappa shape index (κ1) is 31.3. The van der Waals surface area contributed by atoms with E-state index in [-0.39, 0.29) is 0 Å². The molecule has 0 saturated heterocycles. The van der Waals surface area contributed by atoms with Crippen LogP contribution in [0.25, 0.3) is 0 Å².